The molecule has 0 aliphatic rings. The Morgan fingerprint density at radius 2 is 1.84 bits per heavy atom. The Morgan fingerprint density at radius 3 is 2.68 bits per heavy atom. The number of imidazole rings is 1. The van der Waals surface area contributed by atoms with Gasteiger partial charge < -0.3 is 15.4 Å². The zero-order valence-electron chi connectivity index (χ0n) is 13.5. The zero-order chi connectivity index (χ0) is 17.1. The third-order valence-corrected chi connectivity index (χ3v) is 3.98. The van der Waals surface area contributed by atoms with Gasteiger partial charge in [-0.1, -0.05) is 24.3 Å². The minimum atomic E-state index is 0.167. The molecule has 0 saturated heterocycles. The molecule has 0 aliphatic heterocycles. The number of aromatic nitrogens is 4. The fourth-order valence-corrected chi connectivity index (χ4v) is 2.73. The van der Waals surface area contributed by atoms with Crippen molar-refractivity contribution in [3.8, 4) is 17.1 Å². The van der Waals surface area contributed by atoms with E-state index in [0.29, 0.717) is 17.9 Å². The second-order valence-corrected chi connectivity index (χ2v) is 5.67. The van der Waals surface area contributed by atoms with Crippen LogP contribution in [0.15, 0.2) is 61.1 Å². The van der Waals surface area contributed by atoms with Crippen LogP contribution >= 0.6 is 0 Å². The summed E-state index contributed by atoms with van der Waals surface area (Å²) < 4.78 is 0. The van der Waals surface area contributed by atoms with Crippen LogP contribution in [0.4, 0.5) is 5.82 Å². The number of para-hydroxylation sites is 2. The first-order valence-corrected chi connectivity index (χ1v) is 8.08. The first-order chi connectivity index (χ1) is 12.3. The van der Waals surface area contributed by atoms with E-state index in [9.17, 15) is 5.11 Å². The van der Waals surface area contributed by atoms with Gasteiger partial charge in [0, 0.05) is 24.5 Å². The maximum atomic E-state index is 10.1. The number of aromatic amines is 1. The molecular weight excluding hydrogens is 314 g/mol. The first-order valence-electron chi connectivity index (χ1n) is 8.08. The van der Waals surface area contributed by atoms with Gasteiger partial charge in [-0.05, 0) is 24.3 Å². The number of anilines is 1. The van der Waals surface area contributed by atoms with Crippen LogP contribution in [0, 0.1) is 0 Å². The van der Waals surface area contributed by atoms with Gasteiger partial charge in [0.1, 0.15) is 11.6 Å². The van der Waals surface area contributed by atoms with Crippen molar-refractivity contribution in [3.05, 3.63) is 66.7 Å². The topological polar surface area (TPSA) is 86.7 Å². The van der Waals surface area contributed by atoms with Crippen LogP contribution in [0.2, 0.25) is 0 Å². The Hall–Kier alpha value is -3.41. The largest absolute Gasteiger partial charge is 0.507 e. The van der Waals surface area contributed by atoms with Crippen molar-refractivity contribution in [3.63, 3.8) is 0 Å². The molecule has 0 unspecified atom stereocenters. The van der Waals surface area contributed by atoms with Crippen molar-refractivity contribution in [2.45, 2.75) is 6.42 Å². The average Bonchev–Trinajstić information content (AvgIpc) is 3.15. The van der Waals surface area contributed by atoms with E-state index >= 15 is 0 Å². The Labute approximate surface area is 144 Å². The molecule has 0 spiro atoms. The quantitative estimate of drug-likeness (QED) is 0.522. The van der Waals surface area contributed by atoms with Crippen LogP contribution < -0.4 is 5.32 Å². The second-order valence-electron chi connectivity index (χ2n) is 5.67. The molecule has 4 rings (SSSR count). The lowest BCUT2D eigenvalue weighted by Crippen LogP contribution is -2.08. The molecule has 25 heavy (non-hydrogen) atoms. The number of phenols is 1. The summed E-state index contributed by atoms with van der Waals surface area (Å²) in [5.74, 6) is 1.42. The Morgan fingerprint density at radius 1 is 1.00 bits per heavy atom. The van der Waals surface area contributed by atoms with E-state index in [1.807, 2.05) is 42.6 Å². The Bertz CT molecular complexity index is 998. The van der Waals surface area contributed by atoms with Gasteiger partial charge in [-0.25, -0.2) is 15.0 Å². The number of nitrogens with one attached hydrogen (secondary N) is 2. The fraction of sp³-hybridized carbons (Fsp3) is 0.105. The lowest BCUT2D eigenvalue weighted by Gasteiger charge is -2.11. The van der Waals surface area contributed by atoms with E-state index in [1.54, 1.807) is 18.5 Å². The van der Waals surface area contributed by atoms with E-state index in [4.69, 9.17) is 0 Å². The number of hydrogen-bond donors (Lipinski definition) is 3. The number of hydrogen-bond acceptors (Lipinski definition) is 5. The number of aromatic hydroxyl groups is 1. The summed E-state index contributed by atoms with van der Waals surface area (Å²) in [6.45, 7) is 0.700. The predicted octanol–water partition coefficient (Wildman–Crippen LogP) is 3.38. The Balaban J connectivity index is 1.70. The van der Waals surface area contributed by atoms with Crippen LogP contribution in [0.3, 0.4) is 0 Å². The van der Waals surface area contributed by atoms with Crippen molar-refractivity contribution in [1.82, 2.24) is 19.9 Å². The van der Waals surface area contributed by atoms with E-state index in [-0.39, 0.29) is 5.75 Å². The maximum absolute atomic E-state index is 10.1. The van der Waals surface area contributed by atoms with Crippen molar-refractivity contribution in [1.29, 1.82) is 0 Å². The molecule has 0 saturated carbocycles. The van der Waals surface area contributed by atoms with Gasteiger partial charge in [-0.2, -0.15) is 0 Å². The minimum absolute atomic E-state index is 0.167. The van der Waals surface area contributed by atoms with Crippen molar-refractivity contribution in [2.24, 2.45) is 0 Å². The van der Waals surface area contributed by atoms with Gasteiger partial charge in [0.15, 0.2) is 5.82 Å². The van der Waals surface area contributed by atoms with E-state index < -0.39 is 0 Å². The smallest absolute Gasteiger partial charge is 0.165 e. The molecule has 0 atom stereocenters. The molecule has 0 bridgehead atoms. The van der Waals surface area contributed by atoms with E-state index in [0.717, 1.165) is 28.8 Å². The number of nitrogens with zero attached hydrogens (tertiary/aromatic N) is 3. The summed E-state index contributed by atoms with van der Waals surface area (Å²) in [4.78, 5) is 16.4. The molecular formula is C19H17N5O. The average molecular weight is 331 g/mol. The van der Waals surface area contributed by atoms with Crippen LogP contribution in [-0.2, 0) is 6.42 Å². The molecule has 0 radical (unpaired) electrons. The summed E-state index contributed by atoms with van der Waals surface area (Å²) in [5, 5.41) is 14.4. The van der Waals surface area contributed by atoms with Gasteiger partial charge in [-0.15, -0.1) is 0 Å². The number of benzene rings is 2. The van der Waals surface area contributed by atoms with Crippen molar-refractivity contribution < 1.29 is 5.11 Å². The molecule has 2 aromatic heterocycles. The molecule has 124 valence electrons. The molecule has 6 nitrogen and oxygen atoms in total. The van der Waals surface area contributed by atoms with Gasteiger partial charge >= 0.3 is 0 Å². The van der Waals surface area contributed by atoms with Crippen LogP contribution in [-0.4, -0.2) is 31.6 Å². The summed E-state index contributed by atoms with van der Waals surface area (Å²) in [5.41, 5.74) is 2.44. The molecule has 0 aliphatic carbocycles. The highest BCUT2D eigenvalue weighted by molar-refractivity contribution is 5.90. The predicted molar refractivity (Wildman–Crippen MR) is 97.4 cm³/mol. The molecule has 0 amide bonds. The van der Waals surface area contributed by atoms with Crippen molar-refractivity contribution in [2.75, 3.05) is 11.9 Å². The molecule has 3 N–H and O–H groups in total. The monoisotopic (exact) mass is 331 g/mol. The normalized spacial score (nSPS) is 10.9. The van der Waals surface area contributed by atoms with Crippen molar-refractivity contribution >= 4 is 16.7 Å². The van der Waals surface area contributed by atoms with E-state index in [1.165, 1.54) is 0 Å². The zero-order valence-corrected chi connectivity index (χ0v) is 13.5. The molecule has 0 fully saturated rings. The second kappa shape index (κ2) is 6.60. The summed E-state index contributed by atoms with van der Waals surface area (Å²) in [6, 6.07) is 14.9. The highest BCUT2D eigenvalue weighted by Gasteiger charge is 2.11. The number of rotatable bonds is 5. The number of H-pyrrole nitrogens is 1. The van der Waals surface area contributed by atoms with Gasteiger partial charge in [0.25, 0.3) is 0 Å². The lowest BCUT2D eigenvalue weighted by atomic mass is 10.1. The first kappa shape index (κ1) is 15.1. The number of fused-ring (bicyclic) bond motifs is 1. The Kier molecular flexibility index (Phi) is 4.00. The highest BCUT2D eigenvalue weighted by atomic mass is 16.3. The van der Waals surface area contributed by atoms with Gasteiger partial charge in [-0.3, -0.25) is 0 Å². The molecule has 2 aromatic carbocycles. The summed E-state index contributed by atoms with van der Waals surface area (Å²) >= 11 is 0. The van der Waals surface area contributed by atoms with Gasteiger partial charge in [0.2, 0.25) is 0 Å². The summed E-state index contributed by atoms with van der Waals surface area (Å²) in [7, 11) is 0. The standard InChI is InChI=1S/C19H17N5O/c25-17-8-4-2-6-15(17)19-23-16-7-3-1-5-14(16)18(24-19)21-10-9-13-11-20-12-22-13/h1-8,11-12,25H,9-10H2,(H,20,22)(H,21,23,24). The van der Waals surface area contributed by atoms with Crippen LogP contribution in [0.25, 0.3) is 22.3 Å². The molecule has 4 aromatic rings. The van der Waals surface area contributed by atoms with E-state index in [2.05, 4.69) is 25.3 Å². The maximum Gasteiger partial charge on any atom is 0.165 e. The van der Waals surface area contributed by atoms with Crippen LogP contribution in [0.1, 0.15) is 5.69 Å². The molecule has 2 heterocycles. The third kappa shape index (κ3) is 3.14. The number of phenolic OH excluding ortho intramolecular Hbond substituents is 1. The minimum Gasteiger partial charge on any atom is -0.507 e. The van der Waals surface area contributed by atoms with Crippen LogP contribution in [0.5, 0.6) is 5.75 Å². The summed E-state index contributed by atoms with van der Waals surface area (Å²) in [6.07, 6.45) is 4.34. The van der Waals surface area contributed by atoms with Gasteiger partial charge in [0.05, 0.1) is 23.1 Å². The SMILES string of the molecule is Oc1ccccc1-c1nc(NCCc2c[nH]cn2)c2ccccc2n1. The lowest BCUT2D eigenvalue weighted by molar-refractivity contribution is 0.477. The highest BCUT2D eigenvalue weighted by Crippen LogP contribution is 2.29. The third-order valence-electron chi connectivity index (χ3n) is 3.98. The fourth-order valence-electron chi connectivity index (χ4n) is 2.73. The molecule has 6 heteroatoms.